The second-order valence-corrected chi connectivity index (χ2v) is 6.70. The van der Waals surface area contributed by atoms with E-state index in [0.717, 1.165) is 32.0 Å². The van der Waals surface area contributed by atoms with Crippen LogP contribution in [0.5, 0.6) is 0 Å². The zero-order valence-electron chi connectivity index (χ0n) is 17.2. The Hall–Kier alpha value is -1.29. The van der Waals surface area contributed by atoms with E-state index in [2.05, 4.69) is 53.5 Å². The first-order chi connectivity index (χ1) is 12.5. The molecule has 0 atom stereocenters. The van der Waals surface area contributed by atoms with E-state index in [9.17, 15) is 4.79 Å². The average molecular weight is 493 g/mol. The van der Waals surface area contributed by atoms with E-state index in [1.165, 1.54) is 6.26 Å². The van der Waals surface area contributed by atoms with Crippen molar-refractivity contribution in [2.75, 3.05) is 32.7 Å². The van der Waals surface area contributed by atoms with Crippen molar-refractivity contribution in [2.24, 2.45) is 4.99 Å². The highest BCUT2D eigenvalue weighted by molar-refractivity contribution is 14.0. The minimum atomic E-state index is -0.207. The molecule has 0 saturated heterocycles. The predicted octanol–water partition coefficient (Wildman–Crippen LogP) is 2.69. The number of nitrogens with one attached hydrogen (secondary N) is 3. The van der Waals surface area contributed by atoms with Gasteiger partial charge in [0, 0.05) is 44.8 Å². The molecule has 0 aliphatic carbocycles. The van der Waals surface area contributed by atoms with Crippen molar-refractivity contribution in [3.63, 3.8) is 0 Å². The van der Waals surface area contributed by atoms with E-state index in [4.69, 9.17) is 4.42 Å². The summed E-state index contributed by atoms with van der Waals surface area (Å²) in [5.74, 6) is 0.895. The highest BCUT2D eigenvalue weighted by Crippen LogP contribution is 2.05. The summed E-state index contributed by atoms with van der Waals surface area (Å²) in [7, 11) is 0. The smallest absolute Gasteiger partial charge is 0.287 e. The number of hydrogen-bond donors (Lipinski definition) is 3. The highest BCUT2D eigenvalue weighted by atomic mass is 127. The number of amides is 1. The highest BCUT2D eigenvalue weighted by Gasteiger charge is 2.12. The fourth-order valence-corrected chi connectivity index (χ4v) is 2.75. The summed E-state index contributed by atoms with van der Waals surface area (Å²) in [6.45, 7) is 14.7. The van der Waals surface area contributed by atoms with Crippen LogP contribution in [0, 0.1) is 0 Å². The number of aliphatic imine (C=N–C) groups is 1. The number of guanidine groups is 1. The molecule has 8 heteroatoms. The number of hydrogen-bond acceptors (Lipinski definition) is 4. The van der Waals surface area contributed by atoms with Gasteiger partial charge in [0.05, 0.1) is 6.26 Å². The van der Waals surface area contributed by atoms with E-state index in [1.54, 1.807) is 12.1 Å². The van der Waals surface area contributed by atoms with Crippen LogP contribution in [0.2, 0.25) is 0 Å². The molecule has 0 aliphatic heterocycles. The van der Waals surface area contributed by atoms with Crippen LogP contribution < -0.4 is 16.0 Å². The standard InChI is InChI=1S/C19H35N5O2.HI/c1-6-20-19(22-10-8-13-24(15(2)3)16(4)5)23-12-11-21-18(25)17-9-7-14-26-17;/h7,9,14-16H,6,8,10-13H2,1-5H3,(H,21,25)(H2,20,22,23);1H. The third-order valence-corrected chi connectivity index (χ3v) is 3.96. The lowest BCUT2D eigenvalue weighted by Gasteiger charge is -2.30. The van der Waals surface area contributed by atoms with Gasteiger partial charge < -0.3 is 20.4 Å². The maximum atomic E-state index is 11.8. The quantitative estimate of drug-likeness (QED) is 0.191. The molecule has 7 nitrogen and oxygen atoms in total. The summed E-state index contributed by atoms with van der Waals surface area (Å²) < 4.78 is 5.06. The van der Waals surface area contributed by atoms with E-state index in [0.29, 0.717) is 30.9 Å². The molecule has 1 heterocycles. The van der Waals surface area contributed by atoms with Crippen molar-refractivity contribution in [3.05, 3.63) is 24.2 Å². The fourth-order valence-electron chi connectivity index (χ4n) is 2.75. The molecular weight excluding hydrogens is 457 g/mol. The first-order valence-corrected chi connectivity index (χ1v) is 9.55. The van der Waals surface area contributed by atoms with Crippen molar-refractivity contribution < 1.29 is 9.21 Å². The first kappa shape index (κ1) is 25.7. The summed E-state index contributed by atoms with van der Waals surface area (Å²) in [5.41, 5.74) is 0. The van der Waals surface area contributed by atoms with Crippen LogP contribution in [0.15, 0.2) is 27.8 Å². The number of carbonyl (C=O) groups is 1. The van der Waals surface area contributed by atoms with E-state index in [-0.39, 0.29) is 29.9 Å². The Morgan fingerprint density at radius 3 is 2.37 bits per heavy atom. The molecule has 1 aromatic heterocycles. The zero-order chi connectivity index (χ0) is 19.4. The first-order valence-electron chi connectivity index (χ1n) is 9.55. The van der Waals surface area contributed by atoms with Crippen molar-refractivity contribution in [1.29, 1.82) is 0 Å². The van der Waals surface area contributed by atoms with Crippen molar-refractivity contribution >= 4 is 35.8 Å². The molecule has 156 valence electrons. The lowest BCUT2D eigenvalue weighted by atomic mass is 10.2. The number of nitrogens with zero attached hydrogens (tertiary/aromatic N) is 2. The summed E-state index contributed by atoms with van der Waals surface area (Å²) in [5, 5.41) is 9.27. The van der Waals surface area contributed by atoms with Crippen molar-refractivity contribution in [2.45, 2.75) is 53.1 Å². The van der Waals surface area contributed by atoms with Crippen LogP contribution >= 0.6 is 24.0 Å². The van der Waals surface area contributed by atoms with Crippen LogP contribution in [0.1, 0.15) is 51.6 Å². The lowest BCUT2D eigenvalue weighted by molar-refractivity contribution is 0.0926. The van der Waals surface area contributed by atoms with Crippen LogP contribution in [0.4, 0.5) is 0 Å². The van der Waals surface area contributed by atoms with Crippen molar-refractivity contribution in [3.8, 4) is 0 Å². The van der Waals surface area contributed by atoms with Gasteiger partial charge >= 0.3 is 0 Å². The number of rotatable bonds is 11. The third-order valence-electron chi connectivity index (χ3n) is 3.96. The molecule has 1 amide bonds. The maximum absolute atomic E-state index is 11.8. The molecule has 0 bridgehead atoms. The Morgan fingerprint density at radius 2 is 1.81 bits per heavy atom. The van der Waals surface area contributed by atoms with E-state index in [1.807, 2.05) is 6.92 Å². The molecule has 1 rings (SSSR count). The SMILES string of the molecule is CCNC(=NCCCN(C(C)C)C(C)C)NCCNC(=O)c1ccco1.I. The summed E-state index contributed by atoms with van der Waals surface area (Å²) in [6.07, 6.45) is 2.50. The third kappa shape index (κ3) is 10.6. The van der Waals surface area contributed by atoms with Crippen LogP contribution in [-0.4, -0.2) is 61.6 Å². The Morgan fingerprint density at radius 1 is 1.15 bits per heavy atom. The van der Waals surface area contributed by atoms with E-state index < -0.39 is 0 Å². The Kier molecular flexibility index (Phi) is 14.0. The Balaban J connectivity index is 0.00000676. The number of furan rings is 1. The van der Waals surface area contributed by atoms with Gasteiger partial charge in [0.15, 0.2) is 11.7 Å². The molecule has 0 aliphatic rings. The molecule has 27 heavy (non-hydrogen) atoms. The predicted molar refractivity (Wildman–Crippen MR) is 122 cm³/mol. The van der Waals surface area contributed by atoms with Gasteiger partial charge in [-0.05, 0) is 53.2 Å². The molecule has 3 N–H and O–H groups in total. The minimum absolute atomic E-state index is 0. The van der Waals surface area contributed by atoms with Gasteiger partial charge in [0.25, 0.3) is 5.91 Å². The molecule has 0 unspecified atom stereocenters. The topological polar surface area (TPSA) is 81.9 Å². The Bertz CT molecular complexity index is 524. The molecule has 0 radical (unpaired) electrons. The summed E-state index contributed by atoms with van der Waals surface area (Å²) in [4.78, 5) is 18.9. The average Bonchev–Trinajstić information content (AvgIpc) is 3.12. The fraction of sp³-hybridized carbons (Fsp3) is 0.684. The maximum Gasteiger partial charge on any atom is 0.287 e. The molecule has 0 fully saturated rings. The Labute approximate surface area is 180 Å². The molecule has 1 aromatic rings. The summed E-state index contributed by atoms with van der Waals surface area (Å²) >= 11 is 0. The monoisotopic (exact) mass is 493 g/mol. The van der Waals surface area contributed by atoms with Gasteiger partial charge in [-0.1, -0.05) is 0 Å². The second-order valence-electron chi connectivity index (χ2n) is 6.70. The number of halogens is 1. The largest absolute Gasteiger partial charge is 0.459 e. The van der Waals surface area contributed by atoms with Gasteiger partial charge in [0.2, 0.25) is 0 Å². The molecular formula is C19H36IN5O2. The van der Waals surface area contributed by atoms with Gasteiger partial charge in [-0.25, -0.2) is 0 Å². The number of carbonyl (C=O) groups excluding carboxylic acids is 1. The normalized spacial score (nSPS) is 11.6. The second kappa shape index (κ2) is 14.7. The zero-order valence-corrected chi connectivity index (χ0v) is 19.6. The van der Waals surface area contributed by atoms with Crippen LogP contribution in [0.25, 0.3) is 0 Å². The van der Waals surface area contributed by atoms with Crippen molar-refractivity contribution in [1.82, 2.24) is 20.9 Å². The van der Waals surface area contributed by atoms with Gasteiger partial charge in [0.1, 0.15) is 0 Å². The molecule has 0 aromatic carbocycles. The minimum Gasteiger partial charge on any atom is -0.459 e. The van der Waals surface area contributed by atoms with Gasteiger partial charge in [-0.2, -0.15) is 0 Å². The molecule has 0 saturated carbocycles. The summed E-state index contributed by atoms with van der Waals surface area (Å²) in [6, 6.07) is 4.43. The van der Waals surface area contributed by atoms with Crippen LogP contribution in [0.3, 0.4) is 0 Å². The van der Waals surface area contributed by atoms with E-state index >= 15 is 0 Å². The lowest BCUT2D eigenvalue weighted by Crippen LogP contribution is -2.41. The molecule has 0 spiro atoms. The van der Waals surface area contributed by atoms with Gasteiger partial charge in [-0.3, -0.25) is 14.7 Å². The van der Waals surface area contributed by atoms with Crippen LogP contribution in [-0.2, 0) is 0 Å². The van der Waals surface area contributed by atoms with Gasteiger partial charge in [-0.15, -0.1) is 24.0 Å².